The number of ether oxygens (including phenoxy) is 3. The molecule has 2 aromatic heterocycles. The third-order valence-electron chi connectivity index (χ3n) is 6.90. The molecule has 9 nitrogen and oxygen atoms in total. The largest absolute Gasteiger partial charge is 0.493 e. The van der Waals surface area contributed by atoms with Crippen LogP contribution in [0.25, 0.3) is 5.52 Å². The zero-order chi connectivity index (χ0) is 23.7. The van der Waals surface area contributed by atoms with E-state index in [-0.39, 0.29) is 11.8 Å². The molecule has 1 aliphatic carbocycles. The number of anilines is 2. The van der Waals surface area contributed by atoms with Crippen LogP contribution in [0.4, 0.5) is 11.5 Å². The lowest BCUT2D eigenvalue weighted by Crippen LogP contribution is -2.38. The third kappa shape index (κ3) is 3.99. The number of hydrogen-bond acceptors (Lipinski definition) is 7. The van der Waals surface area contributed by atoms with Crippen LogP contribution in [0.5, 0.6) is 17.2 Å². The van der Waals surface area contributed by atoms with Crippen LogP contribution < -0.4 is 24.4 Å². The van der Waals surface area contributed by atoms with E-state index < -0.39 is 0 Å². The molecule has 9 heteroatoms. The lowest BCUT2D eigenvalue weighted by Gasteiger charge is -2.32. The Morgan fingerprint density at radius 3 is 2.41 bits per heavy atom. The van der Waals surface area contributed by atoms with Crippen molar-refractivity contribution < 1.29 is 19.0 Å². The number of hydrogen-bond donors (Lipinski definition) is 1. The Morgan fingerprint density at radius 2 is 1.74 bits per heavy atom. The van der Waals surface area contributed by atoms with E-state index in [1.165, 1.54) is 24.1 Å². The summed E-state index contributed by atoms with van der Waals surface area (Å²) >= 11 is 0. The van der Waals surface area contributed by atoms with Gasteiger partial charge in [-0.15, -0.1) is 0 Å². The lowest BCUT2D eigenvalue weighted by molar-refractivity contribution is -0.120. The van der Waals surface area contributed by atoms with Crippen LogP contribution in [0.1, 0.15) is 36.9 Å². The van der Waals surface area contributed by atoms with E-state index in [2.05, 4.69) is 10.2 Å². The molecule has 0 bridgehead atoms. The van der Waals surface area contributed by atoms with Crippen molar-refractivity contribution in [3.63, 3.8) is 0 Å². The molecule has 0 atom stereocenters. The van der Waals surface area contributed by atoms with E-state index in [4.69, 9.17) is 24.3 Å². The van der Waals surface area contributed by atoms with Crippen molar-refractivity contribution in [2.24, 2.45) is 5.92 Å². The summed E-state index contributed by atoms with van der Waals surface area (Å²) in [4.78, 5) is 20.1. The number of methoxy groups -OCH3 is 3. The second-order valence-corrected chi connectivity index (χ2v) is 8.84. The van der Waals surface area contributed by atoms with Gasteiger partial charge in [-0.05, 0) is 38.5 Å². The maximum Gasteiger partial charge on any atom is 0.227 e. The van der Waals surface area contributed by atoms with Crippen molar-refractivity contribution in [2.45, 2.75) is 38.5 Å². The topological polar surface area (TPSA) is 90.2 Å². The van der Waals surface area contributed by atoms with E-state index >= 15 is 0 Å². The first-order valence-corrected chi connectivity index (χ1v) is 11.8. The van der Waals surface area contributed by atoms with Gasteiger partial charge >= 0.3 is 0 Å². The molecule has 34 heavy (non-hydrogen) atoms. The van der Waals surface area contributed by atoms with Gasteiger partial charge in [-0.1, -0.05) is 0 Å². The Kier molecular flexibility index (Phi) is 6.17. The predicted octanol–water partition coefficient (Wildman–Crippen LogP) is 3.49. The van der Waals surface area contributed by atoms with E-state index in [1.54, 1.807) is 33.5 Å². The average molecular weight is 466 g/mol. The summed E-state index contributed by atoms with van der Waals surface area (Å²) < 4.78 is 18.2. The molecule has 1 saturated heterocycles. The summed E-state index contributed by atoms with van der Waals surface area (Å²) in [6.45, 7) is 1.56. The Hall–Kier alpha value is -3.49. The second-order valence-electron chi connectivity index (χ2n) is 8.84. The van der Waals surface area contributed by atoms with Crippen LogP contribution in [0.2, 0.25) is 0 Å². The minimum atomic E-state index is -0.0751. The fraction of sp³-hybridized carbons (Fsp3) is 0.480. The highest BCUT2D eigenvalue weighted by Gasteiger charge is 2.29. The summed E-state index contributed by atoms with van der Waals surface area (Å²) in [7, 11) is 4.68. The minimum Gasteiger partial charge on any atom is -0.493 e. The lowest BCUT2D eigenvalue weighted by atomic mass is 9.94. The highest BCUT2D eigenvalue weighted by atomic mass is 16.5. The Morgan fingerprint density at radius 1 is 1.03 bits per heavy atom. The van der Waals surface area contributed by atoms with Crippen LogP contribution in [0, 0.1) is 5.92 Å². The predicted molar refractivity (Wildman–Crippen MR) is 129 cm³/mol. The molecule has 0 unspecified atom stereocenters. The fourth-order valence-corrected chi connectivity index (χ4v) is 5.13. The van der Waals surface area contributed by atoms with Gasteiger partial charge < -0.3 is 24.4 Å². The fourth-order valence-electron chi connectivity index (χ4n) is 5.13. The van der Waals surface area contributed by atoms with Crippen LogP contribution in [0.15, 0.2) is 24.5 Å². The Labute approximate surface area is 199 Å². The van der Waals surface area contributed by atoms with Gasteiger partial charge in [0.2, 0.25) is 11.7 Å². The number of amides is 1. The van der Waals surface area contributed by atoms with Gasteiger partial charge in [-0.3, -0.25) is 4.79 Å². The van der Waals surface area contributed by atoms with Crippen molar-refractivity contribution in [2.75, 3.05) is 44.6 Å². The highest BCUT2D eigenvalue weighted by molar-refractivity contribution is 5.93. The maximum absolute atomic E-state index is 13.1. The molecule has 1 fully saturated rings. The number of rotatable bonds is 6. The smallest absolute Gasteiger partial charge is 0.227 e. The minimum absolute atomic E-state index is 0.00169. The van der Waals surface area contributed by atoms with Gasteiger partial charge in [-0.25, -0.2) is 9.50 Å². The van der Waals surface area contributed by atoms with Crippen LogP contribution in [-0.2, 0) is 17.6 Å². The van der Waals surface area contributed by atoms with Crippen LogP contribution in [-0.4, -0.2) is 54.9 Å². The van der Waals surface area contributed by atoms with E-state index in [1.807, 2.05) is 16.9 Å². The van der Waals surface area contributed by atoms with Crippen molar-refractivity contribution in [1.29, 1.82) is 0 Å². The molecule has 2 aliphatic rings. The molecule has 1 aromatic carbocycles. The number of aryl methyl sites for hydroxylation is 2. The molecule has 3 heterocycles. The molecule has 1 amide bonds. The number of fused-ring (bicyclic) bond motifs is 3. The average Bonchev–Trinajstić information content (AvgIpc) is 3.27. The van der Waals surface area contributed by atoms with E-state index in [0.29, 0.717) is 22.9 Å². The summed E-state index contributed by atoms with van der Waals surface area (Å²) in [6.07, 6.45) is 9.78. The Balaban J connectivity index is 1.29. The molecule has 0 spiro atoms. The van der Waals surface area contributed by atoms with Crippen molar-refractivity contribution >= 4 is 22.9 Å². The molecule has 3 aromatic rings. The van der Waals surface area contributed by atoms with Gasteiger partial charge in [0.25, 0.3) is 0 Å². The first-order valence-electron chi connectivity index (χ1n) is 11.8. The standard InChI is InChI=1S/C25H31N5O4/c1-32-20-14-17(15-21(33-2)23(20)34-3)27-25(31)16-8-11-29(12-9-16)24-22-18-6-4-5-7-19(18)28-30(22)13-10-26-24/h10,13-16H,4-9,11-12H2,1-3H3,(H,27,31). The molecule has 180 valence electrons. The highest BCUT2D eigenvalue weighted by Crippen LogP contribution is 2.40. The SMILES string of the molecule is COc1cc(NC(=O)C2CCN(c3nccn4nc5c(c34)CCCC5)CC2)cc(OC)c1OC. The zero-order valence-electron chi connectivity index (χ0n) is 20.0. The molecule has 0 radical (unpaired) electrons. The summed E-state index contributed by atoms with van der Waals surface area (Å²) in [5.74, 6) is 2.43. The number of carbonyl (C=O) groups is 1. The molecule has 1 N–H and O–H groups in total. The van der Waals surface area contributed by atoms with Gasteiger partial charge in [0.05, 0.1) is 27.0 Å². The monoisotopic (exact) mass is 465 g/mol. The number of nitrogens with zero attached hydrogens (tertiary/aromatic N) is 4. The van der Waals surface area contributed by atoms with Gasteiger partial charge in [0.1, 0.15) is 5.52 Å². The molecular formula is C25H31N5O4. The van der Waals surface area contributed by atoms with E-state index in [9.17, 15) is 4.79 Å². The first-order chi connectivity index (χ1) is 16.6. The summed E-state index contributed by atoms with van der Waals surface area (Å²) in [6, 6.07) is 3.50. The number of benzene rings is 1. The maximum atomic E-state index is 13.1. The number of carbonyl (C=O) groups excluding carboxylic acids is 1. The Bertz CT molecular complexity index is 1170. The molecule has 0 saturated carbocycles. The molecule has 1 aliphatic heterocycles. The van der Waals surface area contributed by atoms with Crippen molar-refractivity contribution in [1.82, 2.24) is 14.6 Å². The summed E-state index contributed by atoms with van der Waals surface area (Å²) in [5.41, 5.74) is 4.31. The number of nitrogens with one attached hydrogen (secondary N) is 1. The number of aromatic nitrogens is 3. The second kappa shape index (κ2) is 9.40. The number of piperidine rings is 1. The first kappa shape index (κ1) is 22.3. The van der Waals surface area contributed by atoms with Crippen LogP contribution >= 0.6 is 0 Å². The van der Waals surface area contributed by atoms with Crippen molar-refractivity contribution in [3.05, 3.63) is 35.8 Å². The summed E-state index contributed by atoms with van der Waals surface area (Å²) in [5, 5.41) is 7.83. The van der Waals surface area contributed by atoms with E-state index in [0.717, 1.165) is 50.1 Å². The zero-order valence-corrected chi connectivity index (χ0v) is 20.0. The molecular weight excluding hydrogens is 434 g/mol. The van der Waals surface area contributed by atoms with Crippen LogP contribution in [0.3, 0.4) is 0 Å². The normalized spacial score (nSPS) is 16.3. The van der Waals surface area contributed by atoms with Gasteiger partial charge in [0, 0.05) is 54.8 Å². The van der Waals surface area contributed by atoms with Crippen molar-refractivity contribution in [3.8, 4) is 17.2 Å². The van der Waals surface area contributed by atoms with Gasteiger partial charge in [-0.2, -0.15) is 5.10 Å². The quantitative estimate of drug-likeness (QED) is 0.596. The molecule has 5 rings (SSSR count). The third-order valence-corrected chi connectivity index (χ3v) is 6.90. The van der Waals surface area contributed by atoms with Gasteiger partial charge in [0.15, 0.2) is 17.3 Å².